The summed E-state index contributed by atoms with van der Waals surface area (Å²) < 4.78 is 14.3. The molecule has 0 radical (unpaired) electrons. The molecule has 19 heavy (non-hydrogen) atoms. The molecule has 0 fully saturated rings. The van der Waals surface area contributed by atoms with E-state index in [1.54, 1.807) is 0 Å². The average molecular weight is 261 g/mol. The Bertz CT molecular complexity index is 535. The van der Waals surface area contributed by atoms with Crippen molar-refractivity contribution >= 4 is 5.78 Å². The number of hydrogen-bond donors (Lipinski definition) is 0. The van der Waals surface area contributed by atoms with Crippen LogP contribution in [0.25, 0.3) is 0 Å². The van der Waals surface area contributed by atoms with Crippen LogP contribution in [-0.4, -0.2) is 5.78 Å². The summed E-state index contributed by atoms with van der Waals surface area (Å²) in [7, 11) is 0. The smallest absolute Gasteiger partial charge is 0.160 e. The lowest BCUT2D eigenvalue weighted by atomic mass is 9.79. The van der Waals surface area contributed by atoms with E-state index in [0.29, 0.717) is 17.5 Å². The third-order valence-electron chi connectivity index (χ3n) is 4.16. The first kappa shape index (κ1) is 14.2. The van der Waals surface area contributed by atoms with Crippen LogP contribution in [0.3, 0.4) is 0 Å². The van der Waals surface area contributed by atoms with E-state index in [4.69, 9.17) is 0 Å². The van der Waals surface area contributed by atoms with Crippen molar-refractivity contribution < 1.29 is 9.18 Å². The molecule has 0 bridgehead atoms. The van der Waals surface area contributed by atoms with E-state index in [1.165, 1.54) is 6.92 Å². The fourth-order valence-corrected chi connectivity index (χ4v) is 2.93. The van der Waals surface area contributed by atoms with E-state index in [0.717, 1.165) is 11.1 Å². The zero-order chi connectivity index (χ0) is 14.6. The van der Waals surface area contributed by atoms with Crippen LogP contribution in [0.15, 0.2) is 12.1 Å². The van der Waals surface area contributed by atoms with Gasteiger partial charge in [-0.1, -0.05) is 40.7 Å². The van der Waals surface area contributed by atoms with E-state index >= 15 is 0 Å². The zero-order valence-corrected chi connectivity index (χ0v) is 12.7. The molecule has 0 saturated heterocycles. The molecule has 1 atom stereocenters. The van der Waals surface area contributed by atoms with Crippen LogP contribution in [0.4, 0.5) is 4.39 Å². The molecule has 1 unspecified atom stereocenters. The maximum Gasteiger partial charge on any atom is 0.160 e. The molecule has 0 aromatic heterocycles. The van der Waals surface area contributed by atoms with Gasteiger partial charge in [-0.15, -0.1) is 0 Å². The lowest BCUT2D eigenvalue weighted by Gasteiger charge is -2.25. The topological polar surface area (TPSA) is 17.1 Å². The molecule has 1 aromatic carbocycles. The van der Waals surface area contributed by atoms with Crippen molar-refractivity contribution in [3.8, 4) is 0 Å². The molecule has 0 spiro atoms. The Morgan fingerprint density at radius 3 is 2.37 bits per heavy atom. The summed E-state index contributed by atoms with van der Waals surface area (Å²) in [4.78, 5) is 11.9. The number of rotatable bonds is 1. The third kappa shape index (κ3) is 2.33. The van der Waals surface area contributed by atoms with Crippen LogP contribution >= 0.6 is 0 Å². The second kappa shape index (κ2) is 4.16. The molecule has 1 nitrogen and oxygen atoms in total. The second-order valence-corrected chi connectivity index (χ2v) is 7.35. The molecule has 0 amide bonds. The van der Waals surface area contributed by atoms with Gasteiger partial charge in [0.25, 0.3) is 0 Å². The molecule has 2 rings (SSSR count). The van der Waals surface area contributed by atoms with Gasteiger partial charge in [-0.25, -0.2) is 4.39 Å². The average Bonchev–Trinajstić information content (AvgIpc) is 2.47. The maximum absolute atomic E-state index is 14.3. The van der Waals surface area contributed by atoms with Crippen molar-refractivity contribution in [2.45, 2.75) is 65.0 Å². The van der Waals surface area contributed by atoms with Gasteiger partial charge < -0.3 is 0 Å². The van der Waals surface area contributed by atoms with Crippen molar-refractivity contribution in [1.29, 1.82) is 0 Å². The van der Waals surface area contributed by atoms with Crippen LogP contribution < -0.4 is 0 Å². The lowest BCUT2D eigenvalue weighted by molar-refractivity contribution is 0.101. The Hall–Kier alpha value is -1.18. The van der Waals surface area contributed by atoms with Gasteiger partial charge in [0.05, 0.1) is 0 Å². The summed E-state index contributed by atoms with van der Waals surface area (Å²) in [6.07, 6.45) is -0.547. The van der Waals surface area contributed by atoms with Crippen LogP contribution in [-0.2, 0) is 10.8 Å². The first-order valence-corrected chi connectivity index (χ1v) is 6.88. The predicted molar refractivity (Wildman–Crippen MR) is 76.6 cm³/mol. The van der Waals surface area contributed by atoms with Gasteiger partial charge in [-0.2, -0.15) is 0 Å². The summed E-state index contributed by atoms with van der Waals surface area (Å²) >= 11 is 0. The molecule has 0 N–H and O–H groups in total. The van der Waals surface area contributed by atoms with Gasteiger partial charge in [-0.05, 0) is 41.4 Å². The molecular formula is C17H23FO. The Morgan fingerprint density at radius 2 is 1.89 bits per heavy atom. The molecule has 0 heterocycles. The Labute approximate surface area is 115 Å². The molecule has 104 valence electrons. The summed E-state index contributed by atoms with van der Waals surface area (Å²) in [6, 6.07) is 3.98. The van der Waals surface area contributed by atoms with Gasteiger partial charge >= 0.3 is 0 Å². The number of Topliss-reactive ketones (excluding diaryl/α,β-unsaturated/α-hetero) is 1. The van der Waals surface area contributed by atoms with Gasteiger partial charge in [0.2, 0.25) is 0 Å². The van der Waals surface area contributed by atoms with Gasteiger partial charge in [0.1, 0.15) is 6.17 Å². The molecule has 1 aliphatic carbocycles. The number of benzene rings is 1. The Kier molecular flexibility index (Phi) is 3.11. The number of fused-ring (bicyclic) bond motifs is 1. The quantitative estimate of drug-likeness (QED) is 0.658. The van der Waals surface area contributed by atoms with Gasteiger partial charge in [0.15, 0.2) is 5.78 Å². The fraction of sp³-hybridized carbons (Fsp3) is 0.588. The zero-order valence-electron chi connectivity index (χ0n) is 12.7. The minimum atomic E-state index is -1.02. The first-order chi connectivity index (χ1) is 8.54. The number of carbonyl (C=O) groups is 1. The number of alkyl halides is 1. The number of ketones is 1. The lowest BCUT2D eigenvalue weighted by Crippen LogP contribution is -2.17. The number of hydrogen-bond acceptors (Lipinski definition) is 1. The Morgan fingerprint density at radius 1 is 1.32 bits per heavy atom. The van der Waals surface area contributed by atoms with Crippen molar-refractivity contribution in [2.24, 2.45) is 0 Å². The van der Waals surface area contributed by atoms with E-state index < -0.39 is 6.17 Å². The van der Waals surface area contributed by atoms with Gasteiger partial charge in [-0.3, -0.25) is 4.79 Å². The SMILES string of the molecule is CC(=O)c1cc(C(C)(C)C)cc2c1C([18F])CC2(C)C. The molecule has 0 saturated carbocycles. The fourth-order valence-electron chi connectivity index (χ4n) is 2.93. The molecule has 1 aliphatic rings. The van der Waals surface area contributed by atoms with Crippen LogP contribution in [0, 0.1) is 0 Å². The number of halogens is 1. The highest BCUT2D eigenvalue weighted by Crippen LogP contribution is 2.49. The van der Waals surface area contributed by atoms with Crippen molar-refractivity contribution in [2.75, 3.05) is 0 Å². The van der Waals surface area contributed by atoms with E-state index in [-0.39, 0.29) is 16.6 Å². The highest BCUT2D eigenvalue weighted by molar-refractivity contribution is 5.96. The van der Waals surface area contributed by atoms with Crippen molar-refractivity contribution in [3.05, 3.63) is 34.4 Å². The standard InChI is InChI=1S/C17H23FO/c1-10(19)12-7-11(16(2,3)4)8-13-15(12)14(18)9-17(13,5)6/h7-8,14H,9H2,1-6H3/i18-1. The van der Waals surface area contributed by atoms with Crippen molar-refractivity contribution in [1.82, 2.24) is 0 Å². The van der Waals surface area contributed by atoms with E-state index in [9.17, 15) is 9.18 Å². The maximum atomic E-state index is 14.3. The largest absolute Gasteiger partial charge is 0.294 e. The molecule has 2 heteroatoms. The van der Waals surface area contributed by atoms with Gasteiger partial charge in [0, 0.05) is 11.1 Å². The highest BCUT2D eigenvalue weighted by atomic mass is 18.2. The minimum Gasteiger partial charge on any atom is -0.294 e. The summed E-state index contributed by atoms with van der Waals surface area (Å²) in [5.74, 6) is -0.0392. The molecule has 1 aromatic rings. The minimum absolute atomic E-state index is 0.0380. The summed E-state index contributed by atoms with van der Waals surface area (Å²) in [5.41, 5.74) is 3.09. The van der Waals surface area contributed by atoms with Crippen molar-refractivity contribution in [3.63, 3.8) is 0 Å². The van der Waals surface area contributed by atoms with E-state index in [1.807, 2.05) is 6.07 Å². The van der Waals surface area contributed by atoms with Crippen LogP contribution in [0.1, 0.15) is 81.2 Å². The summed E-state index contributed by atoms with van der Waals surface area (Å²) in [6.45, 7) is 12.0. The first-order valence-electron chi connectivity index (χ1n) is 6.88. The second-order valence-electron chi connectivity index (χ2n) is 7.35. The monoisotopic (exact) mass is 261 g/mol. The van der Waals surface area contributed by atoms with Crippen LogP contribution in [0.5, 0.6) is 0 Å². The third-order valence-corrected chi connectivity index (χ3v) is 4.16. The normalized spacial score (nSPS) is 21.3. The highest BCUT2D eigenvalue weighted by Gasteiger charge is 2.40. The molecular weight excluding hydrogens is 238 g/mol. The number of carbonyl (C=O) groups excluding carboxylic acids is 1. The predicted octanol–water partition coefficient (Wildman–Crippen LogP) is 4.88. The van der Waals surface area contributed by atoms with Crippen LogP contribution in [0.2, 0.25) is 0 Å². The Balaban J connectivity index is 2.77. The summed E-state index contributed by atoms with van der Waals surface area (Å²) in [5, 5.41) is 0. The molecule has 0 aliphatic heterocycles. The van der Waals surface area contributed by atoms with E-state index in [2.05, 4.69) is 40.7 Å².